The van der Waals surface area contributed by atoms with Crippen LogP contribution in [0, 0.1) is 22.2 Å². The van der Waals surface area contributed by atoms with E-state index in [9.17, 15) is 10.1 Å². The lowest BCUT2D eigenvalue weighted by atomic mass is 9.65. The number of nitriles is 1. The first-order chi connectivity index (χ1) is 16.6. The van der Waals surface area contributed by atoms with Crippen molar-refractivity contribution in [1.29, 1.82) is 5.26 Å². The highest BCUT2D eigenvalue weighted by atomic mass is 32.1. The summed E-state index contributed by atoms with van der Waals surface area (Å²) in [5.41, 5.74) is 14.4. The molecule has 1 amide bonds. The van der Waals surface area contributed by atoms with Crippen molar-refractivity contribution in [2.45, 2.75) is 59.0 Å². The Morgan fingerprint density at radius 3 is 2.60 bits per heavy atom. The van der Waals surface area contributed by atoms with Crippen LogP contribution in [0.2, 0.25) is 0 Å². The van der Waals surface area contributed by atoms with E-state index in [1.807, 2.05) is 17.5 Å². The number of aromatic nitrogens is 2. The lowest BCUT2D eigenvalue weighted by Gasteiger charge is -2.39. The van der Waals surface area contributed by atoms with Crippen LogP contribution in [0.1, 0.15) is 56.0 Å². The van der Waals surface area contributed by atoms with Crippen LogP contribution in [0.3, 0.4) is 0 Å². The summed E-state index contributed by atoms with van der Waals surface area (Å²) in [7, 11) is 0. The van der Waals surface area contributed by atoms with Crippen LogP contribution < -0.4 is 21.3 Å². The van der Waals surface area contributed by atoms with Gasteiger partial charge in [0.2, 0.25) is 5.91 Å². The number of hydrogen-bond acceptors (Lipinski definition) is 8. The summed E-state index contributed by atoms with van der Waals surface area (Å²) in [5.74, 6) is 1.54. The average molecular weight is 488 g/mol. The first kappa shape index (κ1) is 22.1. The van der Waals surface area contributed by atoms with E-state index in [4.69, 9.17) is 16.5 Å². The second-order valence-electron chi connectivity index (χ2n) is 11.4. The van der Waals surface area contributed by atoms with Crippen molar-refractivity contribution in [3.05, 3.63) is 33.5 Å². The standard InChI is InChI=1S/C26H29N7OS/c1-25(2)8-14-9-26(3,12-25)13-33(14)24-17(10-27)19-16-7-18(34)32(11-15-5-4-6-35-15)23(16)30-21(28)20(19)22(29)31-24/h4-6,14H,7-9,11-13H2,1-3H3,(H2,28,30)(H2,29,31)/t14-,26-/m1/s1. The van der Waals surface area contributed by atoms with Crippen LogP contribution >= 0.6 is 11.3 Å². The van der Waals surface area contributed by atoms with Gasteiger partial charge in [-0.15, -0.1) is 11.3 Å². The van der Waals surface area contributed by atoms with Gasteiger partial charge in [0, 0.05) is 28.4 Å². The predicted octanol–water partition coefficient (Wildman–Crippen LogP) is 4.22. The highest BCUT2D eigenvalue weighted by molar-refractivity contribution is 7.09. The van der Waals surface area contributed by atoms with Crippen molar-refractivity contribution in [3.8, 4) is 6.07 Å². The SMILES string of the molecule is CC1(C)C[C@@H]2C[C@@](C)(CN2c2nc(N)c3c(N)nc4c(c3c2C#N)CC(=O)N4Cc2cccs2)C1. The number of rotatable bonds is 3. The molecule has 2 aliphatic heterocycles. The summed E-state index contributed by atoms with van der Waals surface area (Å²) < 4.78 is 0. The summed E-state index contributed by atoms with van der Waals surface area (Å²) in [5, 5.41) is 13.5. The Balaban J connectivity index is 1.54. The summed E-state index contributed by atoms with van der Waals surface area (Å²) in [6, 6.07) is 6.67. The molecule has 0 unspecified atom stereocenters. The second kappa shape index (κ2) is 7.31. The fourth-order valence-electron chi connectivity index (χ4n) is 7.00. The molecule has 1 saturated carbocycles. The molecular formula is C26H29N7OS. The highest BCUT2D eigenvalue weighted by Crippen LogP contribution is 2.54. The summed E-state index contributed by atoms with van der Waals surface area (Å²) in [6.45, 7) is 8.24. The van der Waals surface area contributed by atoms with Crippen LogP contribution in [0.4, 0.5) is 23.3 Å². The van der Waals surface area contributed by atoms with Crippen molar-refractivity contribution in [2.75, 3.05) is 27.8 Å². The van der Waals surface area contributed by atoms with Crippen LogP contribution in [-0.2, 0) is 17.8 Å². The van der Waals surface area contributed by atoms with Gasteiger partial charge in [0.05, 0.1) is 18.4 Å². The topological polar surface area (TPSA) is 125 Å². The van der Waals surface area contributed by atoms with Gasteiger partial charge in [-0.1, -0.05) is 26.8 Å². The van der Waals surface area contributed by atoms with Gasteiger partial charge in [-0.3, -0.25) is 9.69 Å². The van der Waals surface area contributed by atoms with E-state index in [0.717, 1.165) is 36.2 Å². The third-order valence-corrected chi connectivity index (χ3v) is 8.70. The molecule has 3 aromatic heterocycles. The van der Waals surface area contributed by atoms with Gasteiger partial charge in [-0.05, 0) is 41.5 Å². The fourth-order valence-corrected chi connectivity index (χ4v) is 7.69. The van der Waals surface area contributed by atoms with E-state index in [0.29, 0.717) is 40.6 Å². The molecule has 2 fully saturated rings. The molecule has 9 heteroatoms. The summed E-state index contributed by atoms with van der Waals surface area (Å²) >= 11 is 1.59. The Bertz CT molecular complexity index is 1420. The molecule has 0 radical (unpaired) electrons. The second-order valence-corrected chi connectivity index (χ2v) is 12.5. The van der Waals surface area contributed by atoms with E-state index in [-0.39, 0.29) is 34.8 Å². The molecular weight excluding hydrogens is 458 g/mol. The molecule has 6 rings (SSSR count). The number of hydrogen-bond donors (Lipinski definition) is 2. The third kappa shape index (κ3) is 3.34. The minimum absolute atomic E-state index is 0.0556. The van der Waals surface area contributed by atoms with Gasteiger partial charge in [0.15, 0.2) is 0 Å². The van der Waals surface area contributed by atoms with Crippen molar-refractivity contribution in [1.82, 2.24) is 9.97 Å². The monoisotopic (exact) mass is 487 g/mol. The van der Waals surface area contributed by atoms with Crippen molar-refractivity contribution >= 4 is 51.3 Å². The number of nitrogens with two attached hydrogens (primary N) is 2. The molecule has 3 aliphatic rings. The van der Waals surface area contributed by atoms with Gasteiger partial charge < -0.3 is 16.4 Å². The van der Waals surface area contributed by atoms with Crippen LogP contribution in [0.15, 0.2) is 17.5 Å². The first-order valence-corrected chi connectivity index (χ1v) is 12.9. The van der Waals surface area contributed by atoms with Crippen molar-refractivity contribution < 1.29 is 4.79 Å². The van der Waals surface area contributed by atoms with Crippen molar-refractivity contribution in [3.63, 3.8) is 0 Å². The van der Waals surface area contributed by atoms with Gasteiger partial charge in [0.25, 0.3) is 0 Å². The molecule has 3 aromatic rings. The van der Waals surface area contributed by atoms with E-state index in [1.54, 1.807) is 16.2 Å². The maximum absolute atomic E-state index is 13.1. The quantitative estimate of drug-likeness (QED) is 0.566. The zero-order valence-electron chi connectivity index (χ0n) is 20.3. The Morgan fingerprint density at radius 2 is 1.91 bits per heavy atom. The summed E-state index contributed by atoms with van der Waals surface area (Å²) in [6.07, 6.45) is 3.41. The normalized spacial score (nSPS) is 24.7. The molecule has 2 atom stereocenters. The minimum Gasteiger partial charge on any atom is -0.383 e. The van der Waals surface area contributed by atoms with E-state index >= 15 is 0 Å². The molecule has 1 saturated heterocycles. The zero-order valence-corrected chi connectivity index (χ0v) is 21.1. The van der Waals surface area contributed by atoms with Crippen LogP contribution in [0.25, 0.3) is 10.8 Å². The number of fused-ring (bicyclic) bond motifs is 5. The number of carbonyl (C=O) groups excluding carboxylic acids is 1. The largest absolute Gasteiger partial charge is 0.383 e. The maximum atomic E-state index is 13.1. The lowest BCUT2D eigenvalue weighted by Crippen LogP contribution is -2.35. The number of pyridine rings is 2. The molecule has 1 aliphatic carbocycles. The number of thiophene rings is 1. The molecule has 5 heterocycles. The van der Waals surface area contributed by atoms with Gasteiger partial charge >= 0.3 is 0 Å². The number of amides is 1. The summed E-state index contributed by atoms with van der Waals surface area (Å²) in [4.78, 5) is 27.4. The average Bonchev–Trinajstić information content (AvgIpc) is 3.45. The Hall–Kier alpha value is -3.38. The fraction of sp³-hybridized carbons (Fsp3) is 0.462. The number of anilines is 4. The Morgan fingerprint density at radius 1 is 1.17 bits per heavy atom. The number of nitrogen functional groups attached to an aromatic ring is 2. The Kier molecular flexibility index (Phi) is 4.62. The van der Waals surface area contributed by atoms with Crippen molar-refractivity contribution in [2.24, 2.45) is 10.8 Å². The van der Waals surface area contributed by atoms with E-state index < -0.39 is 0 Å². The Labute approximate surface area is 208 Å². The van der Waals surface area contributed by atoms with Gasteiger partial charge in [0.1, 0.15) is 34.9 Å². The molecule has 0 aromatic carbocycles. The molecule has 35 heavy (non-hydrogen) atoms. The van der Waals surface area contributed by atoms with E-state index in [1.165, 1.54) is 0 Å². The molecule has 4 N–H and O–H groups in total. The maximum Gasteiger partial charge on any atom is 0.233 e. The van der Waals surface area contributed by atoms with Gasteiger partial charge in [-0.2, -0.15) is 5.26 Å². The first-order valence-electron chi connectivity index (χ1n) is 12.0. The third-order valence-electron chi connectivity index (χ3n) is 7.84. The van der Waals surface area contributed by atoms with Gasteiger partial charge in [-0.25, -0.2) is 9.97 Å². The minimum atomic E-state index is -0.0556. The number of carbonyl (C=O) groups is 1. The smallest absolute Gasteiger partial charge is 0.233 e. The number of nitrogens with zero attached hydrogens (tertiary/aromatic N) is 5. The molecule has 2 bridgehead atoms. The molecule has 180 valence electrons. The predicted molar refractivity (Wildman–Crippen MR) is 139 cm³/mol. The molecule has 8 nitrogen and oxygen atoms in total. The molecule has 0 spiro atoms. The lowest BCUT2D eigenvalue weighted by molar-refractivity contribution is -0.117. The van der Waals surface area contributed by atoms with E-state index in [2.05, 4.69) is 36.7 Å². The van der Waals surface area contributed by atoms with Crippen LogP contribution in [-0.4, -0.2) is 28.5 Å². The zero-order chi connectivity index (χ0) is 24.7. The highest BCUT2D eigenvalue weighted by Gasteiger charge is 2.50. The van der Waals surface area contributed by atoms with Crippen LogP contribution in [0.5, 0.6) is 0 Å².